The number of halogens is 2. The van der Waals surface area contributed by atoms with Crippen molar-refractivity contribution in [1.29, 1.82) is 0 Å². The Balaban J connectivity index is 0. The maximum Gasteiger partial charge on any atom is 0.423 e. The fourth-order valence-electron chi connectivity index (χ4n) is 1.63. The van der Waals surface area contributed by atoms with Gasteiger partial charge in [0.15, 0.2) is 0 Å². The molecule has 20 heteroatoms. The second-order valence-electron chi connectivity index (χ2n) is 5.22. The maximum absolute atomic E-state index is 11.8. The first kappa shape index (κ1) is 35.1. The number of aliphatic hydroxyl groups excluding tert-OH is 1. The van der Waals surface area contributed by atoms with Gasteiger partial charge in [-0.25, -0.2) is 42.2 Å². The number of carbonyl (C=O) groups is 1. The van der Waals surface area contributed by atoms with Gasteiger partial charge in [0.1, 0.15) is 18.2 Å². The number of rotatable bonds is 5. The molecule has 0 aromatic carbocycles. The molecule has 35 heavy (non-hydrogen) atoms. The fraction of sp³-hybridized carbons (Fsp3) is 0.333. The van der Waals surface area contributed by atoms with E-state index in [0.29, 0.717) is 15.6 Å². The number of isocyanates is 1. The molecule has 15 nitrogen and oxygen atoms in total. The van der Waals surface area contributed by atoms with E-state index in [2.05, 4.69) is 55.7 Å². The summed E-state index contributed by atoms with van der Waals surface area (Å²) >= 11 is 3.00. The predicted molar refractivity (Wildman–Crippen MR) is 123 cm³/mol. The largest absolute Gasteiger partial charge is 0.447 e. The molecular formula is C15H19BrClN7O8S2W. The number of aliphatic hydroxyl groups is 1. The molecule has 1 aliphatic rings. The summed E-state index contributed by atoms with van der Waals surface area (Å²) in [6.07, 6.45) is 6.01. The zero-order chi connectivity index (χ0) is 26.0. The average Bonchev–Trinajstić information content (AvgIpc) is 3.22. The first-order valence-electron chi connectivity index (χ1n) is 8.63. The number of nitrogens with two attached hydrogens (primary N) is 1. The van der Waals surface area contributed by atoms with Crippen molar-refractivity contribution in [3.05, 3.63) is 42.7 Å². The van der Waals surface area contributed by atoms with Gasteiger partial charge in [0.05, 0.1) is 13.2 Å². The van der Waals surface area contributed by atoms with Crippen LogP contribution in [0.15, 0.2) is 41.3 Å². The molecule has 0 saturated carbocycles. The van der Waals surface area contributed by atoms with E-state index in [4.69, 9.17) is 15.6 Å². The van der Waals surface area contributed by atoms with Crippen LogP contribution in [0, 0.1) is 0 Å². The summed E-state index contributed by atoms with van der Waals surface area (Å²) in [6, 6.07) is 3.30. The minimum absolute atomic E-state index is 0. The molecule has 0 atom stereocenters. The van der Waals surface area contributed by atoms with Gasteiger partial charge in [-0.2, -0.15) is 8.42 Å². The fourth-order valence-corrected chi connectivity index (χ4v) is 3.07. The first-order valence-corrected chi connectivity index (χ1v) is 13.6. The summed E-state index contributed by atoms with van der Waals surface area (Å²) in [7, 11) is -3.35. The summed E-state index contributed by atoms with van der Waals surface area (Å²) in [5.41, 5.74) is 5.14. The Morgan fingerprint density at radius 3 is 1.91 bits per heavy atom. The molecule has 0 bridgehead atoms. The molecule has 2 aromatic heterocycles. The van der Waals surface area contributed by atoms with Crippen LogP contribution in [0.5, 0.6) is 0 Å². The van der Waals surface area contributed by atoms with Gasteiger partial charge in [0.25, 0.3) is 6.08 Å². The van der Waals surface area contributed by atoms with E-state index in [9.17, 15) is 21.6 Å². The van der Waals surface area contributed by atoms with Crippen LogP contribution in [0.3, 0.4) is 0 Å². The van der Waals surface area contributed by atoms with Crippen LogP contribution in [-0.2, 0) is 55.6 Å². The van der Waals surface area contributed by atoms with Crippen molar-refractivity contribution in [2.24, 2.45) is 4.40 Å². The van der Waals surface area contributed by atoms with E-state index < -0.39 is 31.1 Å². The van der Waals surface area contributed by atoms with Crippen LogP contribution >= 0.6 is 26.6 Å². The number of hydrogen-bond donors (Lipinski definition) is 2. The van der Waals surface area contributed by atoms with E-state index >= 15 is 0 Å². The summed E-state index contributed by atoms with van der Waals surface area (Å²) in [6.45, 7) is 0.377. The SMILES string of the molecule is Nc1ncccn1.O=C1OCCN1S(=O)(=O)Cc1ncccn1.O=C=NS(=O)(=O)Cl.OCCBr.[W]. The Kier molecular flexibility index (Phi) is 19.2. The van der Waals surface area contributed by atoms with Gasteiger partial charge in [0, 0.05) is 61.9 Å². The van der Waals surface area contributed by atoms with Gasteiger partial charge in [-0.3, -0.25) is 0 Å². The minimum atomic E-state index is -4.00. The Morgan fingerprint density at radius 2 is 1.63 bits per heavy atom. The van der Waals surface area contributed by atoms with Crippen LogP contribution in [0.4, 0.5) is 10.7 Å². The van der Waals surface area contributed by atoms with Crippen molar-refractivity contribution in [2.45, 2.75) is 5.75 Å². The zero-order valence-electron chi connectivity index (χ0n) is 17.5. The van der Waals surface area contributed by atoms with Gasteiger partial charge < -0.3 is 15.6 Å². The molecule has 3 rings (SSSR count). The summed E-state index contributed by atoms with van der Waals surface area (Å²) < 4.78 is 50.1. The van der Waals surface area contributed by atoms with E-state index in [0.717, 1.165) is 6.08 Å². The van der Waals surface area contributed by atoms with Gasteiger partial charge in [-0.1, -0.05) is 20.3 Å². The average molecular weight is 789 g/mol. The van der Waals surface area contributed by atoms with Crippen molar-refractivity contribution in [1.82, 2.24) is 24.2 Å². The number of sulfonamides is 1. The second kappa shape index (κ2) is 19.2. The molecule has 3 N–H and O–H groups in total. The molecule has 2 aromatic rings. The third kappa shape index (κ3) is 17.9. The van der Waals surface area contributed by atoms with Crippen LogP contribution in [0.1, 0.15) is 5.82 Å². The van der Waals surface area contributed by atoms with Crippen LogP contribution in [0.25, 0.3) is 0 Å². The Morgan fingerprint density at radius 1 is 1.14 bits per heavy atom. The van der Waals surface area contributed by atoms with Crippen molar-refractivity contribution >= 4 is 64.0 Å². The smallest absolute Gasteiger partial charge is 0.423 e. The number of nitrogens with zero attached hydrogens (tertiary/aromatic N) is 6. The number of anilines is 1. The molecule has 0 radical (unpaired) electrons. The minimum Gasteiger partial charge on any atom is -0.447 e. The first-order chi connectivity index (χ1) is 16.0. The number of alkyl halides is 1. The quantitative estimate of drug-likeness (QED) is 0.176. The number of aromatic nitrogens is 4. The number of nitrogen functional groups attached to an aromatic ring is 1. The maximum atomic E-state index is 11.8. The number of amides is 1. The number of cyclic esters (lactones) is 1. The number of hydrogen-bond acceptors (Lipinski definition) is 13. The molecule has 1 amide bonds. The van der Waals surface area contributed by atoms with E-state index in [1.54, 1.807) is 24.5 Å². The summed E-state index contributed by atoms with van der Waals surface area (Å²) in [4.78, 5) is 35.0. The van der Waals surface area contributed by atoms with E-state index in [-0.39, 0.29) is 46.6 Å². The van der Waals surface area contributed by atoms with E-state index in [1.807, 2.05) is 0 Å². The Labute approximate surface area is 228 Å². The molecule has 1 saturated heterocycles. The summed E-state index contributed by atoms with van der Waals surface area (Å²) in [5.74, 6) is 0.0767. The van der Waals surface area contributed by atoms with Crippen LogP contribution in [0.2, 0.25) is 0 Å². The van der Waals surface area contributed by atoms with Crippen molar-refractivity contribution in [2.75, 3.05) is 30.8 Å². The molecule has 0 unspecified atom stereocenters. The zero-order valence-corrected chi connectivity index (χ0v) is 24.5. The van der Waals surface area contributed by atoms with Crippen LogP contribution < -0.4 is 5.73 Å². The van der Waals surface area contributed by atoms with Gasteiger partial charge in [-0.05, 0) is 12.1 Å². The molecule has 1 fully saturated rings. The van der Waals surface area contributed by atoms with Crippen LogP contribution in [-0.4, -0.2) is 83.4 Å². The Hall–Kier alpha value is -2.07. The third-order valence-electron chi connectivity index (χ3n) is 2.81. The number of ether oxygens (including phenoxy) is 1. The molecule has 194 valence electrons. The second-order valence-corrected chi connectivity index (χ2v) is 10.1. The van der Waals surface area contributed by atoms with Crippen molar-refractivity contribution < 1.29 is 57.3 Å². The standard InChI is InChI=1S/C8H9N3O4S.C4H5N3.C2H5BrO.CClNO3S.W/c12-8-11(4-5-15-8)16(13,14)6-7-9-2-1-3-10-7;5-4-6-2-1-3-7-4;3-1-2-4;2-7(5,6)3-1-4;/h1-3H,4-6H2;1-3H,(H2,5,6,7);4H,1-2H2;;. The van der Waals surface area contributed by atoms with E-state index in [1.165, 1.54) is 12.4 Å². The van der Waals surface area contributed by atoms with Gasteiger partial charge >= 0.3 is 15.3 Å². The molecule has 0 aliphatic carbocycles. The molecular weight excluding hydrogens is 770 g/mol. The molecule has 1 aliphatic heterocycles. The molecule has 3 heterocycles. The van der Waals surface area contributed by atoms with Crippen molar-refractivity contribution in [3.63, 3.8) is 0 Å². The normalized spacial score (nSPS) is 12.0. The third-order valence-corrected chi connectivity index (χ3v) is 5.29. The van der Waals surface area contributed by atoms with Gasteiger partial charge in [-0.15, -0.1) is 0 Å². The predicted octanol–water partition coefficient (Wildman–Crippen LogP) is -0.00570. The number of carbonyl (C=O) groups excluding carboxylic acids is 2. The summed E-state index contributed by atoms with van der Waals surface area (Å²) in [5, 5.41) is 8.52. The topological polar surface area (TPSA) is 225 Å². The monoisotopic (exact) mass is 787 g/mol. The van der Waals surface area contributed by atoms with Gasteiger partial charge in [0.2, 0.25) is 16.0 Å². The molecule has 0 spiro atoms. The van der Waals surface area contributed by atoms with Crippen molar-refractivity contribution in [3.8, 4) is 0 Å². The Bertz CT molecular complexity index is 1130.